The van der Waals surface area contributed by atoms with Gasteiger partial charge in [-0.15, -0.1) is 0 Å². The van der Waals surface area contributed by atoms with E-state index in [1.54, 1.807) is 31.4 Å². The van der Waals surface area contributed by atoms with Crippen molar-refractivity contribution in [2.24, 2.45) is 0 Å². The molecule has 0 saturated carbocycles. The number of halogens is 3. The molecule has 0 N–H and O–H groups in total. The van der Waals surface area contributed by atoms with Gasteiger partial charge < -0.3 is 4.74 Å². The van der Waals surface area contributed by atoms with Gasteiger partial charge in [-0.3, -0.25) is 0 Å². The van der Waals surface area contributed by atoms with E-state index < -0.39 is 6.43 Å². The van der Waals surface area contributed by atoms with E-state index in [4.69, 9.17) is 4.74 Å². The zero-order chi connectivity index (χ0) is 13.1. The van der Waals surface area contributed by atoms with Crippen LogP contribution in [-0.2, 0) is 5.33 Å². The van der Waals surface area contributed by atoms with Crippen LogP contribution in [0.25, 0.3) is 5.69 Å². The van der Waals surface area contributed by atoms with Crippen LogP contribution in [0.15, 0.2) is 30.5 Å². The SMILES string of the molecule is COc1ccc(-n2ncc(CBr)c2C(F)F)cc1. The highest BCUT2D eigenvalue weighted by Crippen LogP contribution is 2.27. The average molecular weight is 317 g/mol. The van der Waals surface area contributed by atoms with E-state index in [9.17, 15) is 8.78 Å². The highest BCUT2D eigenvalue weighted by atomic mass is 79.9. The van der Waals surface area contributed by atoms with Gasteiger partial charge in [0, 0.05) is 10.9 Å². The molecule has 1 heterocycles. The Balaban J connectivity index is 2.46. The molecule has 1 aromatic carbocycles. The van der Waals surface area contributed by atoms with Crippen molar-refractivity contribution in [1.82, 2.24) is 9.78 Å². The molecule has 0 radical (unpaired) electrons. The van der Waals surface area contributed by atoms with Crippen LogP contribution in [0.4, 0.5) is 8.78 Å². The smallest absolute Gasteiger partial charge is 0.280 e. The van der Waals surface area contributed by atoms with Crippen molar-refractivity contribution in [1.29, 1.82) is 0 Å². The first-order chi connectivity index (χ1) is 8.67. The van der Waals surface area contributed by atoms with Gasteiger partial charge in [-0.2, -0.15) is 5.10 Å². The molecule has 2 aromatic rings. The molecule has 3 nitrogen and oxygen atoms in total. The summed E-state index contributed by atoms with van der Waals surface area (Å²) in [6.45, 7) is 0. The predicted molar refractivity (Wildman–Crippen MR) is 67.7 cm³/mol. The maximum atomic E-state index is 13.0. The van der Waals surface area contributed by atoms with Crippen LogP contribution in [0.2, 0.25) is 0 Å². The lowest BCUT2D eigenvalue weighted by atomic mass is 10.2. The van der Waals surface area contributed by atoms with Crippen LogP contribution in [0.5, 0.6) is 5.75 Å². The summed E-state index contributed by atoms with van der Waals surface area (Å²) < 4.78 is 32.3. The molecule has 6 heteroatoms. The fourth-order valence-electron chi connectivity index (χ4n) is 1.66. The summed E-state index contributed by atoms with van der Waals surface area (Å²) >= 11 is 3.18. The molecular formula is C12H11BrF2N2O. The summed E-state index contributed by atoms with van der Waals surface area (Å²) in [6.07, 6.45) is -1.12. The van der Waals surface area contributed by atoms with Crippen LogP contribution >= 0.6 is 15.9 Å². The van der Waals surface area contributed by atoms with Crippen LogP contribution in [0.1, 0.15) is 17.7 Å². The highest BCUT2D eigenvalue weighted by Gasteiger charge is 2.20. The summed E-state index contributed by atoms with van der Waals surface area (Å²) in [5.74, 6) is 0.671. The van der Waals surface area contributed by atoms with Crippen molar-refractivity contribution in [3.63, 3.8) is 0 Å². The minimum absolute atomic E-state index is 0.0861. The predicted octanol–water partition coefficient (Wildman–Crippen LogP) is 3.71. The number of benzene rings is 1. The van der Waals surface area contributed by atoms with Gasteiger partial charge in [0.25, 0.3) is 6.43 Å². The molecule has 0 aliphatic rings. The Hall–Kier alpha value is -1.43. The molecule has 0 fully saturated rings. The lowest BCUT2D eigenvalue weighted by Crippen LogP contribution is -2.03. The molecule has 0 spiro atoms. The van der Waals surface area contributed by atoms with Gasteiger partial charge in [-0.25, -0.2) is 13.5 Å². The largest absolute Gasteiger partial charge is 0.497 e. The average Bonchev–Trinajstić information content (AvgIpc) is 2.82. The minimum Gasteiger partial charge on any atom is -0.497 e. The van der Waals surface area contributed by atoms with Crippen molar-refractivity contribution in [3.8, 4) is 11.4 Å². The Morgan fingerprint density at radius 2 is 2.00 bits per heavy atom. The third-order valence-corrected chi connectivity index (χ3v) is 3.16. The first-order valence-corrected chi connectivity index (χ1v) is 6.35. The van der Waals surface area contributed by atoms with Gasteiger partial charge in [0.1, 0.15) is 11.4 Å². The topological polar surface area (TPSA) is 27.1 Å². The quantitative estimate of drug-likeness (QED) is 0.804. The van der Waals surface area contributed by atoms with E-state index in [0.717, 1.165) is 0 Å². The van der Waals surface area contributed by atoms with Crippen molar-refractivity contribution in [2.45, 2.75) is 11.8 Å². The van der Waals surface area contributed by atoms with Crippen molar-refractivity contribution in [3.05, 3.63) is 41.7 Å². The molecule has 96 valence electrons. The van der Waals surface area contributed by atoms with Crippen LogP contribution in [-0.4, -0.2) is 16.9 Å². The molecule has 0 amide bonds. The molecular weight excluding hydrogens is 306 g/mol. The monoisotopic (exact) mass is 316 g/mol. The second-order valence-electron chi connectivity index (χ2n) is 3.60. The summed E-state index contributed by atoms with van der Waals surface area (Å²) in [4.78, 5) is 0. The molecule has 2 rings (SSSR count). The Kier molecular flexibility index (Phi) is 3.96. The Morgan fingerprint density at radius 3 is 2.50 bits per heavy atom. The lowest BCUT2D eigenvalue weighted by Gasteiger charge is -2.08. The van der Waals surface area contributed by atoms with E-state index >= 15 is 0 Å². The number of alkyl halides is 3. The summed E-state index contributed by atoms with van der Waals surface area (Å²) in [5.41, 5.74) is 0.983. The molecule has 0 aliphatic heterocycles. The van der Waals surface area contributed by atoms with Crippen molar-refractivity contribution < 1.29 is 13.5 Å². The third-order valence-electron chi connectivity index (χ3n) is 2.55. The van der Waals surface area contributed by atoms with E-state index in [1.165, 1.54) is 10.9 Å². The summed E-state index contributed by atoms with van der Waals surface area (Å²) in [5, 5.41) is 4.35. The summed E-state index contributed by atoms with van der Waals surface area (Å²) in [7, 11) is 1.55. The zero-order valence-electron chi connectivity index (χ0n) is 9.61. The normalized spacial score (nSPS) is 10.9. The first kappa shape index (κ1) is 13.0. The fraction of sp³-hybridized carbons (Fsp3) is 0.250. The number of aromatic nitrogens is 2. The minimum atomic E-state index is -2.57. The molecule has 18 heavy (non-hydrogen) atoms. The molecule has 0 atom stereocenters. The number of ether oxygens (including phenoxy) is 1. The maximum Gasteiger partial charge on any atom is 0.280 e. The van der Waals surface area contributed by atoms with Crippen LogP contribution in [0.3, 0.4) is 0 Å². The van der Waals surface area contributed by atoms with Gasteiger partial charge in [-0.1, -0.05) is 15.9 Å². The van der Waals surface area contributed by atoms with E-state index in [1.807, 2.05) is 0 Å². The first-order valence-electron chi connectivity index (χ1n) is 5.22. The van der Waals surface area contributed by atoms with E-state index in [0.29, 0.717) is 22.3 Å². The zero-order valence-corrected chi connectivity index (χ0v) is 11.2. The molecule has 1 aromatic heterocycles. The van der Waals surface area contributed by atoms with Crippen LogP contribution in [0, 0.1) is 0 Å². The van der Waals surface area contributed by atoms with Gasteiger partial charge >= 0.3 is 0 Å². The number of rotatable bonds is 4. The maximum absolute atomic E-state index is 13.0. The van der Waals surface area contributed by atoms with E-state index in [2.05, 4.69) is 21.0 Å². The fourth-order valence-corrected chi connectivity index (χ4v) is 2.09. The van der Waals surface area contributed by atoms with Crippen LogP contribution < -0.4 is 4.74 Å². The van der Waals surface area contributed by atoms with Crippen molar-refractivity contribution in [2.75, 3.05) is 7.11 Å². The van der Waals surface area contributed by atoms with Gasteiger partial charge in [0.2, 0.25) is 0 Å². The molecule has 0 saturated heterocycles. The second-order valence-corrected chi connectivity index (χ2v) is 4.16. The Labute approximate surface area is 112 Å². The Morgan fingerprint density at radius 1 is 1.33 bits per heavy atom. The second kappa shape index (κ2) is 5.48. The molecule has 0 unspecified atom stereocenters. The lowest BCUT2D eigenvalue weighted by molar-refractivity contribution is 0.142. The molecule has 0 bridgehead atoms. The Bertz CT molecular complexity index is 525. The number of methoxy groups -OCH3 is 1. The summed E-state index contributed by atoms with van der Waals surface area (Å²) in [6, 6.07) is 6.80. The standard InChI is InChI=1S/C12H11BrF2N2O/c1-18-10-4-2-9(3-5-10)17-11(12(14)15)8(6-13)7-16-17/h2-5,7,12H,6H2,1H3. The van der Waals surface area contributed by atoms with Crippen molar-refractivity contribution >= 4 is 15.9 Å². The number of hydrogen-bond acceptors (Lipinski definition) is 2. The number of nitrogens with zero attached hydrogens (tertiary/aromatic N) is 2. The van der Waals surface area contributed by atoms with Gasteiger partial charge in [-0.05, 0) is 24.3 Å². The highest BCUT2D eigenvalue weighted by molar-refractivity contribution is 9.08. The number of hydrogen-bond donors (Lipinski definition) is 0. The molecule has 0 aliphatic carbocycles. The third kappa shape index (κ3) is 2.38. The van der Waals surface area contributed by atoms with E-state index in [-0.39, 0.29) is 5.69 Å². The van der Waals surface area contributed by atoms with Gasteiger partial charge in [0.05, 0.1) is 19.0 Å². The van der Waals surface area contributed by atoms with Gasteiger partial charge in [0.15, 0.2) is 0 Å².